The zero-order valence-corrected chi connectivity index (χ0v) is 32.4. The van der Waals surface area contributed by atoms with Gasteiger partial charge in [0.05, 0.1) is 49.0 Å². The minimum absolute atomic E-state index is 0.0105. The predicted molar refractivity (Wildman–Crippen MR) is 210 cm³/mol. The first-order valence-corrected chi connectivity index (χ1v) is 18.9. The van der Waals surface area contributed by atoms with Gasteiger partial charge in [-0.25, -0.2) is 5.53 Å². The summed E-state index contributed by atoms with van der Waals surface area (Å²) in [5.41, 5.74) is 10.9. The van der Waals surface area contributed by atoms with Gasteiger partial charge in [-0.3, -0.25) is 44.1 Å². The second-order valence-electron chi connectivity index (χ2n) is 14.2. The fourth-order valence-electron chi connectivity index (χ4n) is 7.56. The number of rotatable bonds is 15. The summed E-state index contributed by atoms with van der Waals surface area (Å²) in [6.07, 6.45) is 8.37. The van der Waals surface area contributed by atoms with Crippen LogP contribution < -0.4 is 30.4 Å². The third-order valence-electron chi connectivity index (χ3n) is 10.6. The van der Waals surface area contributed by atoms with Crippen LogP contribution >= 0.6 is 0 Å². The average Bonchev–Trinajstić information content (AvgIpc) is 3.48. The van der Waals surface area contributed by atoms with Gasteiger partial charge in [-0.15, -0.1) is 0 Å². The van der Waals surface area contributed by atoms with Crippen LogP contribution in [-0.4, -0.2) is 102 Å². The topological polar surface area (TPSA) is 207 Å². The van der Waals surface area contributed by atoms with Crippen molar-refractivity contribution in [3.8, 4) is 28.4 Å². The lowest BCUT2D eigenvalue weighted by Gasteiger charge is -2.32. The fraction of sp³-hybridized carbons (Fsp3) is 0.366. The van der Waals surface area contributed by atoms with Gasteiger partial charge in [0, 0.05) is 70.0 Å². The van der Waals surface area contributed by atoms with E-state index in [1.54, 1.807) is 50.5 Å². The first-order chi connectivity index (χ1) is 28.1. The number of benzene rings is 2. The van der Waals surface area contributed by atoms with E-state index in [0.29, 0.717) is 41.4 Å². The van der Waals surface area contributed by atoms with Gasteiger partial charge in [-0.1, -0.05) is 0 Å². The molecule has 0 saturated carbocycles. The number of carbonyl (C=O) groups excluding carboxylic acids is 4. The van der Waals surface area contributed by atoms with Crippen molar-refractivity contribution < 1.29 is 38.1 Å². The van der Waals surface area contributed by atoms with Crippen molar-refractivity contribution in [1.82, 2.24) is 30.0 Å². The minimum Gasteiger partial charge on any atom is -0.496 e. The van der Waals surface area contributed by atoms with Crippen molar-refractivity contribution in [2.24, 2.45) is 12.2 Å². The molecule has 1 unspecified atom stereocenters. The molecule has 0 spiro atoms. The monoisotopic (exact) mass is 792 g/mol. The molecule has 58 heavy (non-hydrogen) atoms. The number of fused-ring (bicyclic) bond motifs is 2. The summed E-state index contributed by atoms with van der Waals surface area (Å²) < 4.78 is 25.2. The van der Waals surface area contributed by atoms with E-state index in [4.69, 9.17) is 24.5 Å². The Kier molecular flexibility index (Phi) is 11.9. The van der Waals surface area contributed by atoms with Crippen molar-refractivity contribution in [2.75, 3.05) is 47.1 Å². The molecule has 1 atom stereocenters. The Morgan fingerprint density at radius 1 is 0.966 bits per heavy atom. The Hall–Kier alpha value is -6.46. The molecule has 0 bridgehead atoms. The zero-order chi connectivity index (χ0) is 40.9. The number of ether oxygens (including phenoxy) is 4. The van der Waals surface area contributed by atoms with Crippen LogP contribution in [0.5, 0.6) is 17.2 Å². The molecule has 0 aliphatic carbocycles. The van der Waals surface area contributed by atoms with E-state index in [-0.39, 0.29) is 48.8 Å². The second kappa shape index (κ2) is 17.4. The molecule has 7 rings (SSSR count). The Morgan fingerprint density at radius 2 is 1.71 bits per heavy atom. The van der Waals surface area contributed by atoms with E-state index < -0.39 is 29.7 Å². The standard InChI is InChI=1S/C41H44N8O9/c1-47-21-32(28-8-11-43-20-31(28)39(47)52)24-16-35(55-2)33(36(17-24)56-3)22-48-13-9-26(10-14-48)58-23-25(46-42)19-44-12-15-57-27-4-5-29-30(18-27)41(54)49(40(29)53)34-6-7-37(50)45-38(34)51/h4-5,8,11,16-21,26,34,42,44H,6-7,9-10,12-15,22-23H2,1-3H3,(H,45,50,51)/b25-19-,46-42?. The molecular weight excluding hydrogens is 748 g/mol. The van der Waals surface area contributed by atoms with Gasteiger partial charge >= 0.3 is 0 Å². The van der Waals surface area contributed by atoms with E-state index >= 15 is 0 Å². The number of aromatic nitrogens is 2. The molecule has 3 N–H and O–H groups in total. The number of pyridine rings is 2. The molecule has 3 aliphatic rings. The van der Waals surface area contributed by atoms with Crippen LogP contribution in [0.15, 0.2) is 76.8 Å². The molecule has 0 radical (unpaired) electrons. The van der Waals surface area contributed by atoms with Crippen molar-refractivity contribution in [2.45, 2.75) is 44.4 Å². The SMILES string of the molecule is COc1cc(-c2cn(C)c(=O)c3cnccc23)cc(OC)c1CN1CCC(OC/C(=C/NCCOc2ccc3c(c2)C(=O)N(C2CCC(=O)NC2=O)C3=O)N=N)CC1. The van der Waals surface area contributed by atoms with Crippen LogP contribution in [0.3, 0.4) is 0 Å². The van der Waals surface area contributed by atoms with Gasteiger partial charge in [0.25, 0.3) is 17.4 Å². The van der Waals surface area contributed by atoms with Crippen LogP contribution in [-0.2, 0) is 27.9 Å². The molecule has 2 saturated heterocycles. The average molecular weight is 793 g/mol. The van der Waals surface area contributed by atoms with E-state index in [0.717, 1.165) is 52.9 Å². The van der Waals surface area contributed by atoms with Gasteiger partial charge in [0.15, 0.2) is 0 Å². The lowest BCUT2D eigenvalue weighted by Crippen LogP contribution is -2.54. The van der Waals surface area contributed by atoms with Crippen molar-refractivity contribution >= 4 is 34.4 Å². The smallest absolute Gasteiger partial charge is 0.262 e. The van der Waals surface area contributed by atoms with Gasteiger partial charge in [-0.05, 0) is 66.6 Å². The number of piperidine rings is 2. The molecule has 302 valence electrons. The number of amides is 4. The third kappa shape index (κ3) is 8.17. The number of hydrogen-bond donors (Lipinski definition) is 3. The van der Waals surface area contributed by atoms with Gasteiger partial charge < -0.3 is 28.8 Å². The van der Waals surface area contributed by atoms with Gasteiger partial charge in [0.1, 0.15) is 35.6 Å². The number of hydrogen-bond acceptors (Lipinski definition) is 14. The first kappa shape index (κ1) is 39.8. The summed E-state index contributed by atoms with van der Waals surface area (Å²) in [4.78, 5) is 70.0. The lowest BCUT2D eigenvalue weighted by atomic mass is 9.98. The summed E-state index contributed by atoms with van der Waals surface area (Å²) in [5, 5.41) is 10.2. The number of likely N-dealkylation sites (tertiary alicyclic amines) is 1. The van der Waals surface area contributed by atoms with E-state index in [9.17, 15) is 24.0 Å². The number of carbonyl (C=O) groups is 4. The highest BCUT2D eigenvalue weighted by Crippen LogP contribution is 2.38. The summed E-state index contributed by atoms with van der Waals surface area (Å²) in [6.45, 7) is 2.89. The number of imide groups is 2. The molecule has 2 aromatic carbocycles. The molecule has 17 heteroatoms. The number of nitrogens with one attached hydrogen (secondary N) is 3. The maximum absolute atomic E-state index is 13.1. The normalized spacial score (nSPS) is 17.7. The molecule has 4 aromatic rings. The first-order valence-electron chi connectivity index (χ1n) is 18.9. The van der Waals surface area contributed by atoms with Crippen LogP contribution in [0, 0.1) is 5.53 Å². The van der Waals surface area contributed by atoms with Crippen LogP contribution in [0.2, 0.25) is 0 Å². The van der Waals surface area contributed by atoms with Crippen molar-refractivity contribution in [3.05, 3.63) is 93.9 Å². The highest BCUT2D eigenvalue weighted by atomic mass is 16.5. The molecular formula is C41H44N8O9. The Labute approximate surface area is 333 Å². The quantitative estimate of drug-likeness (QED) is 0.0898. The van der Waals surface area contributed by atoms with E-state index in [2.05, 4.69) is 25.6 Å². The lowest BCUT2D eigenvalue weighted by molar-refractivity contribution is -0.136. The molecule has 17 nitrogen and oxygen atoms in total. The molecule has 2 aromatic heterocycles. The molecule has 2 fully saturated rings. The number of methoxy groups -OCH3 is 2. The number of nitrogens with zero attached hydrogens (tertiary/aromatic N) is 5. The maximum Gasteiger partial charge on any atom is 0.262 e. The molecule has 3 aliphatic heterocycles. The van der Waals surface area contributed by atoms with Gasteiger partial charge in [-0.2, -0.15) is 5.11 Å². The molecule has 4 amide bonds. The van der Waals surface area contributed by atoms with Crippen LogP contribution in [0.25, 0.3) is 21.9 Å². The highest BCUT2D eigenvalue weighted by Gasteiger charge is 2.44. The summed E-state index contributed by atoms with van der Waals surface area (Å²) in [7, 11) is 5.00. The van der Waals surface area contributed by atoms with Crippen molar-refractivity contribution in [3.63, 3.8) is 0 Å². The van der Waals surface area contributed by atoms with E-state index in [1.807, 2.05) is 24.4 Å². The molecule has 5 heterocycles. The second-order valence-corrected chi connectivity index (χ2v) is 14.2. The van der Waals surface area contributed by atoms with Gasteiger partial charge in [0.2, 0.25) is 11.8 Å². The predicted octanol–water partition coefficient (Wildman–Crippen LogP) is 3.54. The fourth-order valence-corrected chi connectivity index (χ4v) is 7.56. The highest BCUT2D eigenvalue weighted by molar-refractivity contribution is 6.23. The summed E-state index contributed by atoms with van der Waals surface area (Å²) >= 11 is 0. The van der Waals surface area contributed by atoms with Crippen LogP contribution in [0.1, 0.15) is 52.0 Å². The zero-order valence-electron chi connectivity index (χ0n) is 32.4. The summed E-state index contributed by atoms with van der Waals surface area (Å²) in [6, 6.07) is 9.30. The van der Waals surface area contributed by atoms with E-state index in [1.165, 1.54) is 12.1 Å². The Morgan fingerprint density at radius 3 is 2.41 bits per heavy atom. The maximum atomic E-state index is 13.1. The van der Waals surface area contributed by atoms with Crippen molar-refractivity contribution in [1.29, 1.82) is 5.53 Å². The number of aryl methyl sites for hydroxylation is 1. The Bertz CT molecular complexity index is 2340. The minimum atomic E-state index is -1.04. The van der Waals surface area contributed by atoms with Crippen LogP contribution in [0.4, 0.5) is 0 Å². The Balaban J connectivity index is 0.877. The third-order valence-corrected chi connectivity index (χ3v) is 10.6. The summed E-state index contributed by atoms with van der Waals surface area (Å²) in [5.74, 6) is -0.538. The largest absolute Gasteiger partial charge is 0.496 e.